The van der Waals surface area contributed by atoms with E-state index in [0.717, 1.165) is 6.42 Å². The van der Waals surface area contributed by atoms with Gasteiger partial charge in [-0.3, -0.25) is 9.59 Å². The summed E-state index contributed by atoms with van der Waals surface area (Å²) in [6, 6.07) is 3.05. The average molecular weight is 369 g/mol. The molecule has 1 fully saturated rings. The lowest BCUT2D eigenvalue weighted by Crippen LogP contribution is -2.59. The molecule has 1 aromatic carbocycles. The van der Waals surface area contributed by atoms with Crippen LogP contribution in [-0.4, -0.2) is 35.0 Å². The van der Waals surface area contributed by atoms with Crippen molar-refractivity contribution in [1.82, 2.24) is 5.32 Å². The largest absolute Gasteiger partial charge is 0.482 e. The lowest BCUT2D eigenvalue weighted by molar-refractivity contribution is -0.148. The van der Waals surface area contributed by atoms with Crippen molar-refractivity contribution in [1.29, 1.82) is 0 Å². The number of amides is 2. The smallest absolute Gasteiger partial charge is 0.329 e. The monoisotopic (exact) mass is 368 g/mol. The number of fused-ring (bicyclic) bond motifs is 1. The fourth-order valence-electron chi connectivity index (χ4n) is 2.48. The second-order valence-electron chi connectivity index (χ2n) is 5.36. The van der Waals surface area contributed by atoms with Crippen molar-refractivity contribution in [2.45, 2.75) is 24.8 Å². The lowest BCUT2D eigenvalue weighted by atomic mass is 9.76. The minimum atomic E-state index is -1.18. The molecule has 0 unspecified atom stereocenters. The molecule has 0 bridgehead atoms. The molecule has 3 rings (SSSR count). The summed E-state index contributed by atoms with van der Waals surface area (Å²) in [6.45, 7) is -0.116. The fraction of sp³-hybridized carbons (Fsp3) is 0.357. The second kappa shape index (κ2) is 5.28. The van der Waals surface area contributed by atoms with Gasteiger partial charge in [-0.15, -0.1) is 0 Å². The Bertz CT molecular complexity index is 684. The van der Waals surface area contributed by atoms with Crippen molar-refractivity contribution in [2.75, 3.05) is 11.9 Å². The van der Waals surface area contributed by atoms with Crippen LogP contribution in [-0.2, 0) is 9.59 Å². The molecule has 1 aromatic rings. The molecule has 1 heterocycles. The predicted molar refractivity (Wildman–Crippen MR) is 80.0 cm³/mol. The molecule has 1 saturated carbocycles. The molecule has 0 aromatic heterocycles. The molecule has 0 saturated heterocycles. The first-order chi connectivity index (χ1) is 10.4. The number of hydrogen-bond donors (Lipinski definition) is 3. The number of anilines is 1. The number of carbonyl (C=O) groups is 3. The van der Waals surface area contributed by atoms with E-state index in [9.17, 15) is 19.5 Å². The molecule has 2 amide bonds. The molecule has 0 spiro atoms. The number of benzene rings is 1. The van der Waals surface area contributed by atoms with Crippen LogP contribution in [0.3, 0.4) is 0 Å². The van der Waals surface area contributed by atoms with Gasteiger partial charge in [-0.1, -0.05) is 0 Å². The number of nitrogens with one attached hydrogen (secondary N) is 2. The maximum atomic E-state index is 12.4. The Morgan fingerprint density at radius 1 is 1.36 bits per heavy atom. The Hall–Kier alpha value is -2.09. The molecule has 1 aliphatic heterocycles. The summed E-state index contributed by atoms with van der Waals surface area (Å²) in [5, 5.41) is 14.5. The van der Waals surface area contributed by atoms with E-state index in [2.05, 4.69) is 26.6 Å². The maximum absolute atomic E-state index is 12.4. The van der Waals surface area contributed by atoms with Crippen molar-refractivity contribution in [3.8, 4) is 5.75 Å². The number of halogens is 1. The third-order valence-corrected chi connectivity index (χ3v) is 4.57. The molecule has 1 aliphatic carbocycles. The zero-order valence-corrected chi connectivity index (χ0v) is 13.0. The number of carboxylic acids is 1. The topological polar surface area (TPSA) is 105 Å². The second-order valence-corrected chi connectivity index (χ2v) is 6.21. The molecular weight excluding hydrogens is 356 g/mol. The van der Waals surface area contributed by atoms with Crippen LogP contribution in [0.15, 0.2) is 16.6 Å². The van der Waals surface area contributed by atoms with Crippen molar-refractivity contribution < 1.29 is 24.2 Å². The van der Waals surface area contributed by atoms with Gasteiger partial charge in [0, 0.05) is 4.47 Å². The third kappa shape index (κ3) is 2.43. The number of hydrogen-bond acceptors (Lipinski definition) is 4. The molecular formula is C14H13BrN2O5. The van der Waals surface area contributed by atoms with Gasteiger partial charge in [-0.05, 0) is 47.3 Å². The van der Waals surface area contributed by atoms with Crippen LogP contribution < -0.4 is 15.4 Å². The highest BCUT2D eigenvalue weighted by atomic mass is 79.9. The highest BCUT2D eigenvalue weighted by molar-refractivity contribution is 9.10. The van der Waals surface area contributed by atoms with Crippen LogP contribution in [0, 0.1) is 0 Å². The molecule has 0 atom stereocenters. The van der Waals surface area contributed by atoms with Crippen LogP contribution in [0.2, 0.25) is 0 Å². The van der Waals surface area contributed by atoms with Gasteiger partial charge in [0.15, 0.2) is 6.61 Å². The summed E-state index contributed by atoms with van der Waals surface area (Å²) in [6.07, 6.45) is 1.61. The molecule has 3 N–H and O–H groups in total. The van der Waals surface area contributed by atoms with Crippen LogP contribution in [0.25, 0.3) is 0 Å². The van der Waals surface area contributed by atoms with Gasteiger partial charge in [-0.25, -0.2) is 4.79 Å². The van der Waals surface area contributed by atoms with Gasteiger partial charge >= 0.3 is 5.97 Å². The Morgan fingerprint density at radius 3 is 2.68 bits per heavy atom. The molecule has 22 heavy (non-hydrogen) atoms. The maximum Gasteiger partial charge on any atom is 0.329 e. The fourth-order valence-corrected chi connectivity index (χ4v) is 3.00. The van der Waals surface area contributed by atoms with Crippen molar-refractivity contribution >= 4 is 39.4 Å². The highest BCUT2D eigenvalue weighted by Crippen LogP contribution is 2.36. The van der Waals surface area contributed by atoms with Crippen LogP contribution in [0.1, 0.15) is 29.6 Å². The van der Waals surface area contributed by atoms with E-state index in [4.69, 9.17) is 4.74 Å². The molecule has 0 radical (unpaired) electrons. The Morgan fingerprint density at radius 2 is 2.09 bits per heavy atom. The van der Waals surface area contributed by atoms with Gasteiger partial charge in [0.1, 0.15) is 11.3 Å². The standard InChI is InChI=1S/C14H13BrN2O5/c15-8-5-9-10(22-6-11(18)16-9)4-7(8)12(19)17-14(13(20)21)2-1-3-14/h4-5H,1-3,6H2,(H,16,18)(H,17,19)(H,20,21). The minimum absolute atomic E-state index is 0.116. The summed E-state index contributed by atoms with van der Waals surface area (Å²) < 4.78 is 5.72. The normalized spacial score (nSPS) is 18.3. The summed E-state index contributed by atoms with van der Waals surface area (Å²) >= 11 is 3.27. The van der Waals surface area contributed by atoms with Crippen molar-refractivity contribution in [3.63, 3.8) is 0 Å². The molecule has 2 aliphatic rings. The predicted octanol–water partition coefficient (Wildman–Crippen LogP) is 1.52. The SMILES string of the molecule is O=C1COc2cc(C(=O)NC3(C(=O)O)CCC3)c(Br)cc2N1. The van der Waals surface area contributed by atoms with Crippen molar-refractivity contribution in [3.05, 3.63) is 22.2 Å². The number of aliphatic carboxylic acids is 1. The Balaban J connectivity index is 1.87. The summed E-state index contributed by atoms with van der Waals surface area (Å²) in [5.41, 5.74) is -0.444. The van der Waals surface area contributed by atoms with E-state index in [1.165, 1.54) is 6.07 Å². The van der Waals surface area contributed by atoms with Crippen LogP contribution >= 0.6 is 15.9 Å². The number of carbonyl (C=O) groups excluding carboxylic acids is 2. The van der Waals surface area contributed by atoms with Gasteiger partial charge in [0.25, 0.3) is 11.8 Å². The lowest BCUT2D eigenvalue weighted by Gasteiger charge is -2.38. The minimum Gasteiger partial charge on any atom is -0.482 e. The van der Waals surface area contributed by atoms with E-state index in [0.29, 0.717) is 28.8 Å². The van der Waals surface area contributed by atoms with Gasteiger partial charge in [0.05, 0.1) is 11.3 Å². The van der Waals surface area contributed by atoms with E-state index >= 15 is 0 Å². The van der Waals surface area contributed by atoms with E-state index < -0.39 is 17.4 Å². The zero-order valence-electron chi connectivity index (χ0n) is 11.4. The molecule has 8 heteroatoms. The zero-order chi connectivity index (χ0) is 15.9. The van der Waals surface area contributed by atoms with Crippen LogP contribution in [0.5, 0.6) is 5.75 Å². The van der Waals surface area contributed by atoms with Gasteiger partial charge in [0.2, 0.25) is 0 Å². The average Bonchev–Trinajstić information content (AvgIpc) is 2.41. The number of rotatable bonds is 3. The third-order valence-electron chi connectivity index (χ3n) is 3.92. The summed E-state index contributed by atoms with van der Waals surface area (Å²) in [4.78, 5) is 35.0. The van der Waals surface area contributed by atoms with E-state index in [1.807, 2.05) is 0 Å². The number of ether oxygens (including phenoxy) is 1. The Kier molecular flexibility index (Phi) is 3.56. The summed E-state index contributed by atoms with van der Waals surface area (Å²) in [5.74, 6) is -1.40. The molecule has 7 nitrogen and oxygen atoms in total. The quantitative estimate of drug-likeness (QED) is 0.749. The summed E-state index contributed by atoms with van der Waals surface area (Å²) in [7, 11) is 0. The van der Waals surface area contributed by atoms with Gasteiger partial charge in [-0.2, -0.15) is 0 Å². The van der Waals surface area contributed by atoms with E-state index in [1.54, 1.807) is 6.07 Å². The highest BCUT2D eigenvalue weighted by Gasteiger charge is 2.46. The van der Waals surface area contributed by atoms with E-state index in [-0.39, 0.29) is 18.1 Å². The first-order valence-corrected chi connectivity index (χ1v) is 7.53. The van der Waals surface area contributed by atoms with Crippen LogP contribution in [0.4, 0.5) is 5.69 Å². The van der Waals surface area contributed by atoms with Crippen molar-refractivity contribution in [2.24, 2.45) is 0 Å². The first kappa shape index (κ1) is 14.8. The van der Waals surface area contributed by atoms with Gasteiger partial charge < -0.3 is 20.5 Å². The number of carboxylic acid groups (broad SMARTS) is 1. The Labute approximate surface area is 134 Å². The molecule has 116 valence electrons. The first-order valence-electron chi connectivity index (χ1n) is 6.73.